The molecule has 0 amide bonds. The number of phenolic OH excluding ortho intramolecular Hbond substituents is 1. The lowest BCUT2D eigenvalue weighted by Crippen LogP contribution is -1.95. The van der Waals surface area contributed by atoms with Gasteiger partial charge in [0.25, 0.3) is 0 Å². The molecule has 4 heteroatoms. The minimum absolute atomic E-state index is 0.276. The monoisotopic (exact) mass is 240 g/mol. The maximum absolute atomic E-state index is 9.61. The number of fused-ring (bicyclic) bond motifs is 1. The molecule has 0 radical (unpaired) electrons. The van der Waals surface area contributed by atoms with Gasteiger partial charge in [-0.05, 0) is 35.0 Å². The first kappa shape index (κ1) is 8.56. The third-order valence-electron chi connectivity index (χ3n) is 2.00. The molecule has 0 fully saturated rings. The number of aromatic nitrogens is 2. The van der Waals surface area contributed by atoms with Crippen molar-refractivity contribution in [3.05, 3.63) is 22.8 Å². The second-order valence-corrected chi connectivity index (χ2v) is 3.53. The molecule has 1 aromatic heterocycles. The minimum atomic E-state index is 0.276. The Hall–Kier alpha value is -1.03. The molecule has 0 aliphatic rings. The number of phenols is 1. The average molecular weight is 241 g/mol. The van der Waals surface area contributed by atoms with Crippen molar-refractivity contribution >= 4 is 26.8 Å². The second kappa shape index (κ2) is 3.03. The Morgan fingerprint density at radius 3 is 3.00 bits per heavy atom. The second-order valence-electron chi connectivity index (χ2n) is 2.78. The van der Waals surface area contributed by atoms with Crippen LogP contribution in [0, 0.1) is 0 Å². The zero-order valence-electron chi connectivity index (χ0n) is 7.16. The lowest BCUT2D eigenvalue weighted by atomic mass is 10.2. The largest absolute Gasteiger partial charge is 0.506 e. The van der Waals surface area contributed by atoms with Crippen LogP contribution >= 0.6 is 15.9 Å². The van der Waals surface area contributed by atoms with E-state index in [1.165, 1.54) is 0 Å². The van der Waals surface area contributed by atoms with E-state index in [9.17, 15) is 5.11 Å². The van der Waals surface area contributed by atoms with E-state index < -0.39 is 0 Å². The lowest BCUT2D eigenvalue weighted by molar-refractivity contribution is 0.476. The zero-order chi connectivity index (χ0) is 9.42. The Balaban J connectivity index is 2.89. The van der Waals surface area contributed by atoms with E-state index in [1.54, 1.807) is 10.7 Å². The molecule has 0 bridgehead atoms. The van der Waals surface area contributed by atoms with Gasteiger partial charge in [-0.1, -0.05) is 6.07 Å². The summed E-state index contributed by atoms with van der Waals surface area (Å²) in [5.41, 5.74) is 0.789. The molecule has 1 aromatic carbocycles. The summed E-state index contributed by atoms with van der Waals surface area (Å²) in [6, 6.07) is 5.41. The first-order chi connectivity index (χ1) is 6.24. The maximum atomic E-state index is 9.61. The molecule has 13 heavy (non-hydrogen) atoms. The number of hydrogen-bond donors (Lipinski definition) is 1. The Morgan fingerprint density at radius 2 is 2.31 bits per heavy atom. The van der Waals surface area contributed by atoms with Crippen LogP contribution in [-0.2, 0) is 6.54 Å². The highest BCUT2D eigenvalue weighted by Gasteiger charge is 2.09. The van der Waals surface area contributed by atoms with E-state index >= 15 is 0 Å². The van der Waals surface area contributed by atoms with E-state index in [-0.39, 0.29) is 5.75 Å². The Labute approximate surface area is 84.1 Å². The van der Waals surface area contributed by atoms with Gasteiger partial charge in [-0.2, -0.15) is 5.10 Å². The van der Waals surface area contributed by atoms with E-state index in [2.05, 4.69) is 21.0 Å². The number of benzene rings is 1. The molecule has 1 heterocycles. The van der Waals surface area contributed by atoms with E-state index in [1.807, 2.05) is 19.1 Å². The molecule has 2 rings (SSSR count). The van der Waals surface area contributed by atoms with Gasteiger partial charge >= 0.3 is 0 Å². The minimum Gasteiger partial charge on any atom is -0.506 e. The summed E-state index contributed by atoms with van der Waals surface area (Å²) in [6.45, 7) is 2.74. The van der Waals surface area contributed by atoms with Crippen molar-refractivity contribution in [2.24, 2.45) is 0 Å². The van der Waals surface area contributed by atoms with Gasteiger partial charge in [-0.3, -0.25) is 4.68 Å². The van der Waals surface area contributed by atoms with Gasteiger partial charge in [0.15, 0.2) is 0 Å². The molecule has 0 spiro atoms. The third kappa shape index (κ3) is 1.21. The van der Waals surface area contributed by atoms with Crippen molar-refractivity contribution in [2.75, 3.05) is 0 Å². The van der Waals surface area contributed by atoms with Crippen LogP contribution < -0.4 is 0 Å². The van der Waals surface area contributed by atoms with Crippen molar-refractivity contribution in [3.63, 3.8) is 0 Å². The summed E-state index contributed by atoms with van der Waals surface area (Å²) in [4.78, 5) is 0. The predicted octanol–water partition coefficient (Wildman–Crippen LogP) is 2.52. The van der Waals surface area contributed by atoms with Gasteiger partial charge in [0.2, 0.25) is 0 Å². The van der Waals surface area contributed by atoms with Crippen LogP contribution in [-0.4, -0.2) is 14.9 Å². The van der Waals surface area contributed by atoms with Crippen LogP contribution in [0.25, 0.3) is 10.9 Å². The van der Waals surface area contributed by atoms with Gasteiger partial charge in [0, 0.05) is 11.9 Å². The summed E-state index contributed by atoms with van der Waals surface area (Å²) < 4.78 is 2.55. The topological polar surface area (TPSA) is 38.0 Å². The SMILES string of the molecule is CCn1nc(Br)c2cccc(O)c21. The molecule has 2 aromatic rings. The van der Waals surface area contributed by atoms with Gasteiger partial charge in [-0.15, -0.1) is 0 Å². The molecule has 0 atom stereocenters. The normalized spacial score (nSPS) is 10.9. The van der Waals surface area contributed by atoms with Gasteiger partial charge in [0.1, 0.15) is 15.9 Å². The van der Waals surface area contributed by atoms with E-state index in [4.69, 9.17) is 0 Å². The van der Waals surface area contributed by atoms with Crippen molar-refractivity contribution < 1.29 is 5.11 Å². The third-order valence-corrected chi connectivity index (χ3v) is 2.59. The van der Waals surface area contributed by atoms with Crippen molar-refractivity contribution in [2.45, 2.75) is 13.5 Å². The summed E-state index contributed by atoms with van der Waals surface area (Å²) in [6.07, 6.45) is 0. The van der Waals surface area contributed by atoms with Crippen LogP contribution in [0.2, 0.25) is 0 Å². The first-order valence-electron chi connectivity index (χ1n) is 4.08. The summed E-state index contributed by atoms with van der Waals surface area (Å²) in [7, 11) is 0. The molecule has 0 unspecified atom stereocenters. The Bertz CT molecular complexity index is 450. The standard InChI is InChI=1S/C9H9BrN2O/c1-2-12-8-6(9(10)11-12)4-3-5-7(8)13/h3-5,13H,2H2,1H3. The van der Waals surface area contributed by atoms with E-state index in [0.717, 1.165) is 22.1 Å². The van der Waals surface area contributed by atoms with Crippen molar-refractivity contribution in [1.29, 1.82) is 0 Å². The summed E-state index contributed by atoms with van der Waals surface area (Å²) in [5, 5.41) is 14.8. The molecule has 0 aliphatic heterocycles. The highest BCUT2D eigenvalue weighted by Crippen LogP contribution is 2.29. The maximum Gasteiger partial charge on any atom is 0.141 e. The summed E-state index contributed by atoms with van der Waals surface area (Å²) in [5.74, 6) is 0.276. The van der Waals surface area contributed by atoms with Crippen LogP contribution in [0.3, 0.4) is 0 Å². The number of rotatable bonds is 1. The molecule has 3 nitrogen and oxygen atoms in total. The fourth-order valence-corrected chi connectivity index (χ4v) is 1.92. The number of aryl methyl sites for hydroxylation is 1. The predicted molar refractivity (Wildman–Crippen MR) is 54.8 cm³/mol. The van der Waals surface area contributed by atoms with Gasteiger partial charge in [0.05, 0.1) is 0 Å². The Kier molecular flexibility index (Phi) is 2.00. The number of para-hydroxylation sites is 1. The van der Waals surface area contributed by atoms with Crippen molar-refractivity contribution in [3.8, 4) is 5.75 Å². The van der Waals surface area contributed by atoms with Crippen molar-refractivity contribution in [1.82, 2.24) is 9.78 Å². The molecule has 1 N–H and O–H groups in total. The number of hydrogen-bond acceptors (Lipinski definition) is 2. The highest BCUT2D eigenvalue weighted by atomic mass is 79.9. The highest BCUT2D eigenvalue weighted by molar-refractivity contribution is 9.10. The number of aromatic hydroxyl groups is 1. The number of nitrogens with zero attached hydrogens (tertiary/aromatic N) is 2. The average Bonchev–Trinajstić information content (AvgIpc) is 2.45. The van der Waals surface area contributed by atoms with E-state index in [0.29, 0.717) is 0 Å². The molecular formula is C9H9BrN2O. The van der Waals surface area contributed by atoms with Gasteiger partial charge < -0.3 is 5.11 Å². The smallest absolute Gasteiger partial charge is 0.141 e. The summed E-state index contributed by atoms with van der Waals surface area (Å²) >= 11 is 3.35. The first-order valence-corrected chi connectivity index (χ1v) is 4.87. The van der Waals surface area contributed by atoms with Gasteiger partial charge in [-0.25, -0.2) is 0 Å². The zero-order valence-corrected chi connectivity index (χ0v) is 8.74. The molecular weight excluding hydrogens is 232 g/mol. The quantitative estimate of drug-likeness (QED) is 0.832. The van der Waals surface area contributed by atoms with Crippen LogP contribution in [0.5, 0.6) is 5.75 Å². The molecule has 0 aliphatic carbocycles. The van der Waals surface area contributed by atoms with Crippen LogP contribution in [0.4, 0.5) is 0 Å². The van der Waals surface area contributed by atoms with Crippen LogP contribution in [0.15, 0.2) is 22.8 Å². The molecule has 68 valence electrons. The Morgan fingerprint density at radius 1 is 1.54 bits per heavy atom. The lowest BCUT2D eigenvalue weighted by Gasteiger charge is -1.99. The fraction of sp³-hybridized carbons (Fsp3) is 0.222. The molecule has 0 saturated heterocycles. The van der Waals surface area contributed by atoms with Crippen LogP contribution in [0.1, 0.15) is 6.92 Å². The number of halogens is 1. The molecule has 0 saturated carbocycles. The fourth-order valence-electron chi connectivity index (χ4n) is 1.41.